The molecule has 0 radical (unpaired) electrons. The second-order valence-corrected chi connectivity index (χ2v) is 5.63. The van der Waals surface area contributed by atoms with Crippen LogP contribution in [0.25, 0.3) is 0 Å². The molecule has 0 spiro atoms. The number of alkyl halides is 3. The quantitative estimate of drug-likeness (QED) is 0.912. The Balaban J connectivity index is 2.33. The van der Waals surface area contributed by atoms with Gasteiger partial charge in [0.15, 0.2) is 0 Å². The fourth-order valence-corrected chi connectivity index (χ4v) is 2.72. The molecule has 0 atom stereocenters. The summed E-state index contributed by atoms with van der Waals surface area (Å²) in [5.74, 6) is -1.35. The zero-order chi connectivity index (χ0) is 15.8. The van der Waals surface area contributed by atoms with Crippen LogP contribution < -0.4 is 4.90 Å². The predicted octanol–water partition coefficient (Wildman–Crippen LogP) is 4.03. The van der Waals surface area contributed by atoms with E-state index >= 15 is 0 Å². The third-order valence-corrected chi connectivity index (χ3v) is 4.41. The van der Waals surface area contributed by atoms with Crippen molar-refractivity contribution in [2.75, 3.05) is 18.0 Å². The molecule has 0 bridgehead atoms. The fraction of sp³-hybridized carbons (Fsp3) is 0.533. The highest BCUT2D eigenvalue weighted by atomic mass is 19.4. The number of carboxylic acid groups (broad SMARTS) is 1. The number of halogens is 3. The zero-order valence-corrected chi connectivity index (χ0v) is 12.0. The van der Waals surface area contributed by atoms with Gasteiger partial charge >= 0.3 is 12.1 Å². The molecule has 0 amide bonds. The monoisotopic (exact) mass is 301 g/mol. The van der Waals surface area contributed by atoms with Crippen molar-refractivity contribution in [3.63, 3.8) is 0 Å². The number of hydrogen-bond donors (Lipinski definition) is 1. The number of carbonyl (C=O) groups is 1. The van der Waals surface area contributed by atoms with E-state index < -0.39 is 17.7 Å². The van der Waals surface area contributed by atoms with Gasteiger partial charge in [0.25, 0.3) is 0 Å². The molecule has 6 heteroatoms. The summed E-state index contributed by atoms with van der Waals surface area (Å²) in [5.41, 5.74) is -0.773. The summed E-state index contributed by atoms with van der Waals surface area (Å²) in [7, 11) is 0. The van der Waals surface area contributed by atoms with Crippen LogP contribution in [0.3, 0.4) is 0 Å². The molecule has 1 heterocycles. The van der Waals surface area contributed by atoms with E-state index in [9.17, 15) is 18.0 Å². The van der Waals surface area contributed by atoms with Crippen molar-refractivity contribution < 1.29 is 23.1 Å². The minimum absolute atomic E-state index is 0.137. The second kappa shape index (κ2) is 5.24. The van der Waals surface area contributed by atoms with Crippen LogP contribution in [0.1, 0.15) is 42.6 Å². The molecule has 0 aromatic heterocycles. The number of hydrogen-bond acceptors (Lipinski definition) is 2. The smallest absolute Gasteiger partial charge is 0.416 e. The number of nitrogens with zero attached hydrogens (tertiary/aromatic N) is 1. The first-order valence-electron chi connectivity index (χ1n) is 6.91. The lowest BCUT2D eigenvalue weighted by atomic mass is 9.75. The van der Waals surface area contributed by atoms with E-state index in [1.54, 1.807) is 0 Å². The topological polar surface area (TPSA) is 40.5 Å². The Morgan fingerprint density at radius 1 is 1.24 bits per heavy atom. The lowest BCUT2D eigenvalue weighted by molar-refractivity contribution is -0.137. The van der Waals surface area contributed by atoms with Gasteiger partial charge in [-0.1, -0.05) is 13.8 Å². The lowest BCUT2D eigenvalue weighted by Crippen LogP contribution is -2.56. The van der Waals surface area contributed by atoms with Gasteiger partial charge in [-0.25, -0.2) is 4.79 Å². The van der Waals surface area contributed by atoms with Gasteiger partial charge in [0.05, 0.1) is 11.1 Å². The molecule has 2 rings (SSSR count). The van der Waals surface area contributed by atoms with E-state index in [-0.39, 0.29) is 11.0 Å². The van der Waals surface area contributed by atoms with E-state index in [1.807, 2.05) is 4.90 Å². The van der Waals surface area contributed by atoms with Crippen molar-refractivity contribution >= 4 is 11.7 Å². The molecule has 1 aromatic rings. The van der Waals surface area contributed by atoms with Crippen molar-refractivity contribution in [2.45, 2.75) is 32.9 Å². The average Bonchev–Trinajstić information content (AvgIpc) is 2.37. The van der Waals surface area contributed by atoms with Crippen LogP contribution in [0.4, 0.5) is 18.9 Å². The molecule has 1 saturated heterocycles. The largest absolute Gasteiger partial charge is 0.478 e. The lowest BCUT2D eigenvalue weighted by Gasteiger charge is -2.51. The van der Waals surface area contributed by atoms with Gasteiger partial charge in [0.1, 0.15) is 0 Å². The van der Waals surface area contributed by atoms with Crippen LogP contribution >= 0.6 is 0 Å². The third-order valence-electron chi connectivity index (χ3n) is 4.41. The van der Waals surface area contributed by atoms with Gasteiger partial charge in [-0.15, -0.1) is 0 Å². The molecule has 1 aromatic carbocycles. The van der Waals surface area contributed by atoms with Crippen LogP contribution in [0.5, 0.6) is 0 Å². The van der Waals surface area contributed by atoms with Gasteiger partial charge < -0.3 is 10.0 Å². The number of aromatic carboxylic acids is 1. The molecule has 1 aliphatic rings. The van der Waals surface area contributed by atoms with Gasteiger partial charge in [-0.2, -0.15) is 13.2 Å². The van der Waals surface area contributed by atoms with Crippen LogP contribution in [0.2, 0.25) is 0 Å². The van der Waals surface area contributed by atoms with Crippen molar-refractivity contribution in [3.05, 3.63) is 29.3 Å². The highest BCUT2D eigenvalue weighted by Crippen LogP contribution is 2.41. The molecular weight excluding hydrogens is 283 g/mol. The number of rotatable bonds is 4. The molecule has 0 unspecified atom stereocenters. The molecule has 116 valence electrons. The Kier molecular flexibility index (Phi) is 3.91. The zero-order valence-electron chi connectivity index (χ0n) is 12.0. The summed E-state index contributed by atoms with van der Waals surface area (Å²) in [6.07, 6.45) is -2.62. The first-order valence-corrected chi connectivity index (χ1v) is 6.91. The Labute approximate surface area is 121 Å². The van der Waals surface area contributed by atoms with Crippen LogP contribution in [0, 0.1) is 5.41 Å². The minimum atomic E-state index is -4.54. The fourth-order valence-electron chi connectivity index (χ4n) is 2.72. The molecule has 1 fully saturated rings. The number of anilines is 1. The maximum Gasteiger partial charge on any atom is 0.416 e. The van der Waals surface area contributed by atoms with Crippen molar-refractivity contribution in [2.24, 2.45) is 5.41 Å². The Hall–Kier alpha value is -1.72. The molecule has 1 N–H and O–H groups in total. The average molecular weight is 301 g/mol. The molecule has 0 saturated carbocycles. The minimum Gasteiger partial charge on any atom is -0.478 e. The van der Waals surface area contributed by atoms with E-state index in [0.717, 1.165) is 18.9 Å². The summed E-state index contributed by atoms with van der Waals surface area (Å²) >= 11 is 0. The van der Waals surface area contributed by atoms with Gasteiger partial charge in [-0.05, 0) is 31.0 Å². The summed E-state index contributed by atoms with van der Waals surface area (Å²) < 4.78 is 38.6. The Morgan fingerprint density at radius 2 is 1.81 bits per heavy atom. The molecular formula is C15H18F3NO2. The summed E-state index contributed by atoms with van der Waals surface area (Å²) in [6, 6.07) is 3.02. The van der Waals surface area contributed by atoms with Crippen molar-refractivity contribution in [1.29, 1.82) is 0 Å². The first-order chi connectivity index (χ1) is 9.70. The van der Waals surface area contributed by atoms with E-state index in [2.05, 4.69) is 13.8 Å². The third kappa shape index (κ3) is 2.99. The normalized spacial score (nSPS) is 17.5. The van der Waals surface area contributed by atoms with E-state index in [0.29, 0.717) is 24.8 Å². The maximum absolute atomic E-state index is 12.9. The standard InChI is InChI=1S/C15H18F3NO2/c1-3-14(4-2)8-19(9-14)12-6-10(13(20)21)5-11(7-12)15(16,17)18/h5-7H,3-4,8-9H2,1-2H3,(H,20,21). The highest BCUT2D eigenvalue weighted by molar-refractivity contribution is 5.89. The van der Waals surface area contributed by atoms with E-state index in [1.165, 1.54) is 6.07 Å². The van der Waals surface area contributed by atoms with E-state index in [4.69, 9.17) is 5.11 Å². The SMILES string of the molecule is CCC1(CC)CN(c2cc(C(=O)O)cc(C(F)(F)F)c2)C1. The second-order valence-electron chi connectivity index (χ2n) is 5.63. The van der Waals surface area contributed by atoms with Crippen LogP contribution in [-0.2, 0) is 6.18 Å². The van der Waals surface area contributed by atoms with Crippen LogP contribution in [0.15, 0.2) is 18.2 Å². The first kappa shape index (κ1) is 15.7. The Bertz CT molecular complexity index is 542. The molecule has 3 nitrogen and oxygen atoms in total. The van der Waals surface area contributed by atoms with Gasteiger partial charge in [0.2, 0.25) is 0 Å². The summed E-state index contributed by atoms with van der Waals surface area (Å²) in [5, 5.41) is 8.98. The van der Waals surface area contributed by atoms with Crippen molar-refractivity contribution in [1.82, 2.24) is 0 Å². The molecule has 0 aliphatic carbocycles. The number of carboxylic acids is 1. The highest BCUT2D eigenvalue weighted by Gasteiger charge is 2.41. The Morgan fingerprint density at radius 3 is 2.24 bits per heavy atom. The maximum atomic E-state index is 12.9. The number of benzene rings is 1. The molecule has 21 heavy (non-hydrogen) atoms. The summed E-state index contributed by atoms with van der Waals surface area (Å²) in [4.78, 5) is 12.8. The molecule has 1 aliphatic heterocycles. The van der Waals surface area contributed by atoms with Gasteiger partial charge in [0, 0.05) is 24.2 Å². The predicted molar refractivity (Wildman–Crippen MR) is 73.6 cm³/mol. The van der Waals surface area contributed by atoms with Crippen molar-refractivity contribution in [3.8, 4) is 0 Å². The summed E-state index contributed by atoms with van der Waals surface area (Å²) in [6.45, 7) is 5.46. The van der Waals surface area contributed by atoms with Crippen LogP contribution in [-0.4, -0.2) is 24.2 Å². The van der Waals surface area contributed by atoms with Gasteiger partial charge in [-0.3, -0.25) is 0 Å².